The van der Waals surface area contributed by atoms with Crippen molar-refractivity contribution >= 4 is 32.5 Å². The third kappa shape index (κ3) is 3.49. The third-order valence-electron chi connectivity index (χ3n) is 3.88. The van der Waals surface area contributed by atoms with Gasteiger partial charge in [-0.25, -0.2) is 8.42 Å². The van der Waals surface area contributed by atoms with Crippen LogP contribution in [0.3, 0.4) is 0 Å². The zero-order valence-electron chi connectivity index (χ0n) is 13.6. The third-order valence-corrected chi connectivity index (χ3v) is 5.65. The Morgan fingerprint density at radius 2 is 1.68 bits per heavy atom. The number of benzene rings is 3. The molecule has 0 aliphatic rings. The van der Waals surface area contributed by atoms with Crippen LogP contribution < -0.4 is 4.31 Å². The summed E-state index contributed by atoms with van der Waals surface area (Å²) in [6.45, 7) is 1.18. The van der Waals surface area contributed by atoms with Crippen molar-refractivity contribution in [3.8, 4) is 0 Å². The number of nitrogens with zero attached hydrogens (tertiary/aromatic N) is 1. The van der Waals surface area contributed by atoms with Crippen molar-refractivity contribution in [2.45, 2.75) is 11.8 Å². The highest BCUT2D eigenvalue weighted by Crippen LogP contribution is 2.26. The van der Waals surface area contributed by atoms with Gasteiger partial charge >= 0.3 is 5.97 Å². The molecule has 0 heterocycles. The largest absolute Gasteiger partial charge is 0.480 e. The molecule has 128 valence electrons. The van der Waals surface area contributed by atoms with Crippen molar-refractivity contribution in [3.05, 3.63) is 72.3 Å². The van der Waals surface area contributed by atoms with Gasteiger partial charge in [-0.2, -0.15) is 0 Å². The predicted molar refractivity (Wildman–Crippen MR) is 97.3 cm³/mol. The first kappa shape index (κ1) is 17.0. The number of aliphatic carboxylic acids is 1. The second-order valence-electron chi connectivity index (χ2n) is 5.75. The maximum absolute atomic E-state index is 13.1. The first-order valence-corrected chi connectivity index (χ1v) is 9.12. The molecule has 25 heavy (non-hydrogen) atoms. The van der Waals surface area contributed by atoms with Crippen molar-refractivity contribution in [1.82, 2.24) is 0 Å². The lowest BCUT2D eigenvalue weighted by Crippen LogP contribution is -2.35. The summed E-state index contributed by atoms with van der Waals surface area (Å²) >= 11 is 0. The van der Waals surface area contributed by atoms with Gasteiger partial charge in [0.25, 0.3) is 10.0 Å². The van der Waals surface area contributed by atoms with Crippen LogP contribution in [-0.4, -0.2) is 26.0 Å². The molecule has 6 heteroatoms. The van der Waals surface area contributed by atoms with Gasteiger partial charge < -0.3 is 5.11 Å². The molecule has 0 fully saturated rings. The fourth-order valence-electron chi connectivity index (χ4n) is 2.68. The van der Waals surface area contributed by atoms with Crippen molar-refractivity contribution in [2.75, 3.05) is 10.8 Å². The van der Waals surface area contributed by atoms with E-state index in [1.807, 2.05) is 37.3 Å². The molecule has 0 bridgehead atoms. The normalized spacial score (nSPS) is 11.4. The highest BCUT2D eigenvalue weighted by Gasteiger charge is 2.27. The van der Waals surface area contributed by atoms with Crippen LogP contribution in [0.1, 0.15) is 5.56 Å². The topological polar surface area (TPSA) is 74.7 Å². The molecule has 0 saturated carbocycles. The summed E-state index contributed by atoms with van der Waals surface area (Å²) in [5.41, 5.74) is 1.18. The Labute approximate surface area is 146 Å². The van der Waals surface area contributed by atoms with Crippen molar-refractivity contribution < 1.29 is 18.3 Å². The van der Waals surface area contributed by atoms with Crippen LogP contribution in [0.2, 0.25) is 0 Å². The Morgan fingerprint density at radius 3 is 2.36 bits per heavy atom. The lowest BCUT2D eigenvalue weighted by atomic mass is 10.1. The Balaban J connectivity index is 2.13. The molecule has 0 aromatic heterocycles. The summed E-state index contributed by atoms with van der Waals surface area (Å²) in [7, 11) is -4.00. The van der Waals surface area contributed by atoms with Gasteiger partial charge in [0.05, 0.1) is 10.6 Å². The van der Waals surface area contributed by atoms with Crippen LogP contribution in [0.4, 0.5) is 5.69 Å². The van der Waals surface area contributed by atoms with E-state index in [9.17, 15) is 18.3 Å². The van der Waals surface area contributed by atoms with E-state index in [4.69, 9.17) is 0 Å². The lowest BCUT2D eigenvalue weighted by molar-refractivity contribution is -0.135. The summed E-state index contributed by atoms with van der Waals surface area (Å²) in [5, 5.41) is 10.9. The Bertz CT molecular complexity index is 1040. The summed E-state index contributed by atoms with van der Waals surface area (Å²) in [6, 6.07) is 19.0. The zero-order chi connectivity index (χ0) is 18.0. The number of hydrogen-bond donors (Lipinski definition) is 1. The van der Waals surface area contributed by atoms with Crippen molar-refractivity contribution in [3.63, 3.8) is 0 Å². The monoisotopic (exact) mass is 355 g/mol. The molecule has 0 amide bonds. The number of anilines is 1. The Kier molecular flexibility index (Phi) is 4.46. The summed E-state index contributed by atoms with van der Waals surface area (Å²) in [4.78, 5) is 11.3. The van der Waals surface area contributed by atoms with Gasteiger partial charge in [0.2, 0.25) is 0 Å². The Morgan fingerprint density at radius 1 is 0.960 bits per heavy atom. The molecule has 3 aromatic rings. The van der Waals surface area contributed by atoms with Crippen LogP contribution in [0.25, 0.3) is 10.8 Å². The Hall–Kier alpha value is -2.86. The number of fused-ring (bicyclic) bond motifs is 1. The minimum atomic E-state index is -4.00. The smallest absolute Gasteiger partial charge is 0.324 e. The van der Waals surface area contributed by atoms with Gasteiger partial charge in [0.1, 0.15) is 6.54 Å². The van der Waals surface area contributed by atoms with E-state index >= 15 is 0 Å². The summed E-state index contributed by atoms with van der Waals surface area (Å²) < 4.78 is 27.1. The molecule has 3 aromatic carbocycles. The molecule has 3 rings (SSSR count). The first-order valence-electron chi connectivity index (χ1n) is 7.68. The van der Waals surface area contributed by atoms with Gasteiger partial charge in [0, 0.05) is 0 Å². The molecular formula is C19H17NO4S. The average Bonchev–Trinajstić information content (AvgIpc) is 2.59. The van der Waals surface area contributed by atoms with E-state index in [0.717, 1.165) is 20.6 Å². The van der Waals surface area contributed by atoms with E-state index in [-0.39, 0.29) is 4.90 Å². The fourth-order valence-corrected chi connectivity index (χ4v) is 4.12. The number of aryl methyl sites for hydroxylation is 1. The van der Waals surface area contributed by atoms with Gasteiger partial charge in [-0.3, -0.25) is 9.10 Å². The molecule has 0 aliphatic heterocycles. The number of hydrogen-bond acceptors (Lipinski definition) is 3. The highest BCUT2D eigenvalue weighted by molar-refractivity contribution is 7.92. The number of rotatable bonds is 5. The number of carbonyl (C=O) groups is 1. The lowest BCUT2D eigenvalue weighted by Gasteiger charge is -2.23. The SMILES string of the molecule is Cc1cccc(N(CC(=O)O)S(=O)(=O)c2ccc3ccccc3c2)c1. The molecule has 0 radical (unpaired) electrons. The highest BCUT2D eigenvalue weighted by atomic mass is 32.2. The fraction of sp³-hybridized carbons (Fsp3) is 0.105. The standard InChI is InChI=1S/C19H17NO4S/c1-14-5-4-8-17(11-14)20(13-19(21)22)25(23,24)18-10-9-15-6-2-3-7-16(15)12-18/h2-12H,13H2,1H3,(H,21,22). The minimum absolute atomic E-state index is 0.0638. The van der Waals surface area contributed by atoms with Gasteiger partial charge in [-0.15, -0.1) is 0 Å². The van der Waals surface area contributed by atoms with Gasteiger partial charge in [-0.05, 0) is 47.5 Å². The van der Waals surface area contributed by atoms with E-state index in [1.54, 1.807) is 30.3 Å². The number of sulfonamides is 1. The summed E-state index contributed by atoms with van der Waals surface area (Å²) in [5.74, 6) is -1.22. The van der Waals surface area contributed by atoms with Crippen molar-refractivity contribution in [2.24, 2.45) is 0 Å². The number of carboxylic acid groups (broad SMARTS) is 1. The molecule has 0 saturated heterocycles. The second-order valence-corrected chi connectivity index (χ2v) is 7.62. The summed E-state index contributed by atoms with van der Waals surface area (Å²) in [6.07, 6.45) is 0. The minimum Gasteiger partial charge on any atom is -0.480 e. The quantitative estimate of drug-likeness (QED) is 0.761. The number of carboxylic acids is 1. The maximum Gasteiger partial charge on any atom is 0.324 e. The van der Waals surface area contributed by atoms with Crippen molar-refractivity contribution in [1.29, 1.82) is 0 Å². The molecular weight excluding hydrogens is 338 g/mol. The van der Waals surface area contributed by atoms with Crippen LogP contribution in [0, 0.1) is 6.92 Å². The predicted octanol–water partition coefficient (Wildman–Crippen LogP) is 3.43. The second kappa shape index (κ2) is 6.57. The van der Waals surface area contributed by atoms with Crippen LogP contribution in [0.15, 0.2) is 71.6 Å². The van der Waals surface area contributed by atoms with E-state index in [2.05, 4.69) is 0 Å². The zero-order valence-corrected chi connectivity index (χ0v) is 14.4. The first-order chi connectivity index (χ1) is 11.9. The molecule has 5 nitrogen and oxygen atoms in total. The van der Waals surface area contributed by atoms with E-state index < -0.39 is 22.5 Å². The van der Waals surface area contributed by atoms with E-state index in [1.165, 1.54) is 6.07 Å². The van der Waals surface area contributed by atoms with Crippen LogP contribution in [0.5, 0.6) is 0 Å². The average molecular weight is 355 g/mol. The maximum atomic E-state index is 13.1. The molecule has 0 aliphatic carbocycles. The van der Waals surface area contributed by atoms with Gasteiger partial charge in [0.15, 0.2) is 0 Å². The van der Waals surface area contributed by atoms with Crippen LogP contribution >= 0.6 is 0 Å². The van der Waals surface area contributed by atoms with E-state index in [0.29, 0.717) is 5.69 Å². The van der Waals surface area contributed by atoms with Gasteiger partial charge in [-0.1, -0.05) is 42.5 Å². The molecule has 0 spiro atoms. The molecule has 0 atom stereocenters. The van der Waals surface area contributed by atoms with Crippen LogP contribution in [-0.2, 0) is 14.8 Å². The molecule has 0 unspecified atom stereocenters. The molecule has 1 N–H and O–H groups in total.